The quantitative estimate of drug-likeness (QED) is 0.843. The third-order valence-electron chi connectivity index (χ3n) is 2.67. The first-order valence-corrected chi connectivity index (χ1v) is 5.49. The van der Waals surface area contributed by atoms with Crippen LogP contribution in [-0.2, 0) is 13.6 Å². The SMILES string of the molecule is Cc1nn(C)cc1CNc1nccc(C#N)c1N. The number of nitrogens with two attached hydrogens (primary N) is 1. The molecule has 2 aromatic heterocycles. The summed E-state index contributed by atoms with van der Waals surface area (Å²) >= 11 is 0. The molecule has 18 heavy (non-hydrogen) atoms. The first kappa shape index (κ1) is 11.9. The van der Waals surface area contributed by atoms with Crippen LogP contribution in [-0.4, -0.2) is 14.8 Å². The Hall–Kier alpha value is -2.55. The zero-order chi connectivity index (χ0) is 13.1. The zero-order valence-corrected chi connectivity index (χ0v) is 10.3. The molecule has 0 radical (unpaired) electrons. The van der Waals surface area contributed by atoms with Gasteiger partial charge in [0.05, 0.1) is 16.9 Å². The van der Waals surface area contributed by atoms with Gasteiger partial charge in [0, 0.05) is 31.5 Å². The van der Waals surface area contributed by atoms with E-state index in [1.807, 2.05) is 26.2 Å². The van der Waals surface area contributed by atoms with E-state index in [0.29, 0.717) is 23.6 Å². The van der Waals surface area contributed by atoms with Gasteiger partial charge in [0.15, 0.2) is 5.82 Å². The summed E-state index contributed by atoms with van der Waals surface area (Å²) in [5, 5.41) is 16.2. The van der Waals surface area contributed by atoms with E-state index in [1.165, 1.54) is 0 Å². The summed E-state index contributed by atoms with van der Waals surface area (Å²) in [7, 11) is 1.87. The van der Waals surface area contributed by atoms with Crippen molar-refractivity contribution in [3.63, 3.8) is 0 Å². The first-order valence-electron chi connectivity index (χ1n) is 5.49. The minimum Gasteiger partial charge on any atom is -0.395 e. The fraction of sp³-hybridized carbons (Fsp3) is 0.250. The molecule has 6 heteroatoms. The Morgan fingerprint density at radius 1 is 1.56 bits per heavy atom. The Kier molecular flexibility index (Phi) is 3.15. The topological polar surface area (TPSA) is 92.5 Å². The van der Waals surface area contributed by atoms with Crippen molar-refractivity contribution < 1.29 is 0 Å². The van der Waals surface area contributed by atoms with Crippen molar-refractivity contribution in [2.75, 3.05) is 11.1 Å². The van der Waals surface area contributed by atoms with Gasteiger partial charge in [0.2, 0.25) is 0 Å². The molecule has 0 aliphatic heterocycles. The lowest BCUT2D eigenvalue weighted by Gasteiger charge is -2.08. The number of nitriles is 1. The van der Waals surface area contributed by atoms with E-state index in [4.69, 9.17) is 11.0 Å². The average Bonchev–Trinajstić information content (AvgIpc) is 2.66. The number of nitrogens with one attached hydrogen (secondary N) is 1. The summed E-state index contributed by atoms with van der Waals surface area (Å²) in [5.41, 5.74) is 8.66. The van der Waals surface area contributed by atoms with E-state index >= 15 is 0 Å². The van der Waals surface area contributed by atoms with Gasteiger partial charge in [-0.3, -0.25) is 4.68 Å². The Labute approximate surface area is 105 Å². The third kappa shape index (κ3) is 2.25. The number of pyridine rings is 1. The molecule has 0 saturated carbocycles. The number of aryl methyl sites for hydroxylation is 2. The number of aromatic nitrogens is 3. The molecule has 2 heterocycles. The molecule has 0 aliphatic carbocycles. The molecule has 0 amide bonds. The van der Waals surface area contributed by atoms with Crippen molar-refractivity contribution in [2.45, 2.75) is 13.5 Å². The minimum absolute atomic E-state index is 0.376. The fourth-order valence-electron chi connectivity index (χ4n) is 1.71. The minimum atomic E-state index is 0.376. The van der Waals surface area contributed by atoms with E-state index in [2.05, 4.69) is 15.4 Å². The highest BCUT2D eigenvalue weighted by atomic mass is 15.3. The van der Waals surface area contributed by atoms with Crippen LogP contribution in [0.15, 0.2) is 18.5 Å². The van der Waals surface area contributed by atoms with Gasteiger partial charge in [-0.05, 0) is 13.0 Å². The van der Waals surface area contributed by atoms with Crippen LogP contribution in [0.4, 0.5) is 11.5 Å². The van der Waals surface area contributed by atoms with Gasteiger partial charge >= 0.3 is 0 Å². The van der Waals surface area contributed by atoms with Crippen molar-refractivity contribution in [1.82, 2.24) is 14.8 Å². The predicted octanol–water partition coefficient (Wildman–Crippen LogP) is 1.19. The molecule has 0 unspecified atom stereocenters. The summed E-state index contributed by atoms with van der Waals surface area (Å²) in [4.78, 5) is 4.12. The Balaban J connectivity index is 2.16. The second-order valence-corrected chi connectivity index (χ2v) is 4.00. The number of nitrogens with zero attached hydrogens (tertiary/aromatic N) is 4. The molecule has 0 aromatic carbocycles. The van der Waals surface area contributed by atoms with Gasteiger partial charge < -0.3 is 11.1 Å². The van der Waals surface area contributed by atoms with Crippen LogP contribution < -0.4 is 11.1 Å². The normalized spacial score (nSPS) is 10.1. The van der Waals surface area contributed by atoms with Gasteiger partial charge in [0.25, 0.3) is 0 Å². The average molecular weight is 242 g/mol. The lowest BCUT2D eigenvalue weighted by molar-refractivity contribution is 0.756. The molecule has 0 saturated heterocycles. The van der Waals surface area contributed by atoms with Crippen LogP contribution in [0.25, 0.3) is 0 Å². The van der Waals surface area contributed by atoms with Gasteiger partial charge in [0.1, 0.15) is 6.07 Å². The number of hydrogen-bond donors (Lipinski definition) is 2. The molecule has 0 fully saturated rings. The molecule has 0 spiro atoms. The van der Waals surface area contributed by atoms with Crippen LogP contribution in [0.1, 0.15) is 16.8 Å². The zero-order valence-electron chi connectivity index (χ0n) is 10.3. The van der Waals surface area contributed by atoms with Crippen molar-refractivity contribution in [2.24, 2.45) is 7.05 Å². The largest absolute Gasteiger partial charge is 0.395 e. The molecule has 0 atom stereocenters. The number of rotatable bonds is 3. The van der Waals surface area contributed by atoms with E-state index in [0.717, 1.165) is 11.3 Å². The maximum atomic E-state index is 8.88. The van der Waals surface area contributed by atoms with Gasteiger partial charge in [-0.1, -0.05) is 0 Å². The van der Waals surface area contributed by atoms with Crippen LogP contribution >= 0.6 is 0 Å². The monoisotopic (exact) mass is 242 g/mol. The van der Waals surface area contributed by atoms with Gasteiger partial charge in [-0.25, -0.2) is 4.98 Å². The first-order chi connectivity index (χ1) is 8.61. The van der Waals surface area contributed by atoms with E-state index in [-0.39, 0.29) is 0 Å². The van der Waals surface area contributed by atoms with Crippen molar-refractivity contribution in [3.8, 4) is 6.07 Å². The highest BCUT2D eigenvalue weighted by Crippen LogP contribution is 2.19. The van der Waals surface area contributed by atoms with Crippen LogP contribution in [0.2, 0.25) is 0 Å². The fourth-order valence-corrected chi connectivity index (χ4v) is 1.71. The number of hydrogen-bond acceptors (Lipinski definition) is 5. The molecule has 2 rings (SSSR count). The standard InChI is InChI=1S/C12H14N6/c1-8-10(7-18(2)17-8)6-16-12-11(14)9(5-13)3-4-15-12/h3-4,7H,6,14H2,1-2H3,(H,15,16). The summed E-state index contributed by atoms with van der Waals surface area (Å²) in [6.45, 7) is 2.52. The molecule has 2 aromatic rings. The summed E-state index contributed by atoms with van der Waals surface area (Å²) < 4.78 is 1.76. The highest BCUT2D eigenvalue weighted by Gasteiger charge is 2.07. The number of anilines is 2. The van der Waals surface area contributed by atoms with E-state index in [1.54, 1.807) is 16.9 Å². The maximum Gasteiger partial charge on any atom is 0.150 e. The van der Waals surface area contributed by atoms with Crippen molar-refractivity contribution in [1.29, 1.82) is 5.26 Å². The second-order valence-electron chi connectivity index (χ2n) is 4.00. The van der Waals surface area contributed by atoms with Crippen LogP contribution in [0.3, 0.4) is 0 Å². The van der Waals surface area contributed by atoms with Crippen LogP contribution in [0.5, 0.6) is 0 Å². The Morgan fingerprint density at radius 2 is 2.33 bits per heavy atom. The Morgan fingerprint density at radius 3 is 2.94 bits per heavy atom. The van der Waals surface area contributed by atoms with Crippen LogP contribution in [0, 0.1) is 18.3 Å². The summed E-state index contributed by atoms with van der Waals surface area (Å²) in [5.74, 6) is 0.525. The summed E-state index contributed by atoms with van der Waals surface area (Å²) in [6.07, 6.45) is 3.50. The Bertz CT molecular complexity index is 608. The lowest BCUT2D eigenvalue weighted by Crippen LogP contribution is -2.06. The highest BCUT2D eigenvalue weighted by molar-refractivity contribution is 5.68. The molecule has 6 nitrogen and oxygen atoms in total. The molecule has 92 valence electrons. The molecular formula is C12H14N6. The molecule has 0 bridgehead atoms. The van der Waals surface area contributed by atoms with Gasteiger partial charge in [-0.15, -0.1) is 0 Å². The van der Waals surface area contributed by atoms with Gasteiger partial charge in [-0.2, -0.15) is 10.4 Å². The number of nitrogen functional groups attached to an aromatic ring is 1. The second kappa shape index (κ2) is 4.75. The van der Waals surface area contributed by atoms with E-state index in [9.17, 15) is 0 Å². The lowest BCUT2D eigenvalue weighted by atomic mass is 10.2. The van der Waals surface area contributed by atoms with Crippen molar-refractivity contribution in [3.05, 3.63) is 35.3 Å². The summed E-state index contributed by atoms with van der Waals surface area (Å²) in [6, 6.07) is 3.62. The van der Waals surface area contributed by atoms with E-state index < -0.39 is 0 Å². The van der Waals surface area contributed by atoms with Crippen molar-refractivity contribution >= 4 is 11.5 Å². The third-order valence-corrected chi connectivity index (χ3v) is 2.67. The smallest absolute Gasteiger partial charge is 0.150 e. The molecular weight excluding hydrogens is 228 g/mol. The molecule has 3 N–H and O–H groups in total. The maximum absolute atomic E-state index is 8.88. The molecule has 0 aliphatic rings. The predicted molar refractivity (Wildman–Crippen MR) is 68.6 cm³/mol.